The van der Waals surface area contributed by atoms with Gasteiger partial charge in [0.15, 0.2) is 0 Å². The molecule has 1 aliphatic carbocycles. The van der Waals surface area contributed by atoms with Gasteiger partial charge in [-0.15, -0.1) is 11.3 Å². The molecular weight excluding hydrogens is 216 g/mol. The Kier molecular flexibility index (Phi) is 3.98. The van der Waals surface area contributed by atoms with Gasteiger partial charge >= 0.3 is 0 Å². The van der Waals surface area contributed by atoms with Crippen LogP contribution in [0.2, 0.25) is 0 Å². The van der Waals surface area contributed by atoms with Gasteiger partial charge in [0.25, 0.3) is 0 Å². The summed E-state index contributed by atoms with van der Waals surface area (Å²) in [6.07, 6.45) is 4.70. The third kappa shape index (κ3) is 2.84. The fraction of sp³-hybridized carbons (Fsp3) is 0.615. The lowest BCUT2D eigenvalue weighted by Crippen LogP contribution is -2.37. The van der Waals surface area contributed by atoms with Gasteiger partial charge in [0.2, 0.25) is 0 Å². The maximum absolute atomic E-state index is 9.08. The summed E-state index contributed by atoms with van der Waals surface area (Å²) < 4.78 is 0. The molecular formula is C13H18N2S. The smallest absolute Gasteiger partial charge is 0.0672 e. The molecule has 2 nitrogen and oxygen atoms in total. The molecule has 1 saturated carbocycles. The lowest BCUT2D eigenvalue weighted by molar-refractivity contribution is 0.312. The summed E-state index contributed by atoms with van der Waals surface area (Å²) in [4.78, 5) is 2.73. The van der Waals surface area contributed by atoms with Gasteiger partial charge in [-0.05, 0) is 31.9 Å². The predicted octanol–water partition coefficient (Wildman–Crippen LogP) is 3.23. The van der Waals surface area contributed by atoms with E-state index in [1.54, 1.807) is 0 Å². The number of hydrogen-bond donors (Lipinski definition) is 1. The second-order valence-electron chi connectivity index (χ2n) is 4.52. The highest BCUT2D eigenvalue weighted by Gasteiger charge is 2.24. The van der Waals surface area contributed by atoms with Crippen molar-refractivity contribution in [3.8, 4) is 6.07 Å². The Morgan fingerprint density at radius 2 is 2.25 bits per heavy atom. The second-order valence-corrected chi connectivity index (χ2v) is 5.89. The highest BCUT2D eigenvalue weighted by molar-refractivity contribution is 7.11. The molecule has 0 radical (unpaired) electrons. The van der Waals surface area contributed by atoms with Gasteiger partial charge in [0.05, 0.1) is 12.0 Å². The van der Waals surface area contributed by atoms with E-state index in [-0.39, 0.29) is 5.92 Å². The Morgan fingerprint density at radius 1 is 1.44 bits per heavy atom. The summed E-state index contributed by atoms with van der Waals surface area (Å²) in [5.41, 5.74) is 0. The number of thiophene rings is 1. The quantitative estimate of drug-likeness (QED) is 0.871. The number of rotatable bonds is 3. The van der Waals surface area contributed by atoms with E-state index >= 15 is 0 Å². The van der Waals surface area contributed by atoms with Crippen molar-refractivity contribution < 1.29 is 0 Å². The molecule has 16 heavy (non-hydrogen) atoms. The molecule has 0 spiro atoms. The molecule has 0 bridgehead atoms. The maximum atomic E-state index is 9.08. The van der Waals surface area contributed by atoms with E-state index in [0.717, 1.165) is 19.4 Å². The van der Waals surface area contributed by atoms with Crippen LogP contribution in [0.25, 0.3) is 0 Å². The normalized spacial score (nSPS) is 25.2. The molecule has 86 valence electrons. The van der Waals surface area contributed by atoms with Crippen LogP contribution in [-0.4, -0.2) is 6.04 Å². The van der Waals surface area contributed by atoms with Crippen LogP contribution in [-0.2, 0) is 6.54 Å². The minimum Gasteiger partial charge on any atom is -0.308 e. The van der Waals surface area contributed by atoms with E-state index in [9.17, 15) is 0 Å². The molecule has 1 aliphatic rings. The average molecular weight is 234 g/mol. The molecule has 1 fully saturated rings. The van der Waals surface area contributed by atoms with Crippen LogP contribution in [0.5, 0.6) is 0 Å². The van der Waals surface area contributed by atoms with Crippen molar-refractivity contribution in [1.29, 1.82) is 5.26 Å². The SMILES string of the molecule is Cc1ccc(CNC2CCCCC2C#N)s1. The van der Waals surface area contributed by atoms with Crippen LogP contribution in [0.4, 0.5) is 0 Å². The van der Waals surface area contributed by atoms with Crippen LogP contribution in [0.15, 0.2) is 12.1 Å². The number of nitriles is 1. The van der Waals surface area contributed by atoms with Gasteiger partial charge in [-0.3, -0.25) is 0 Å². The Hall–Kier alpha value is -0.850. The highest BCUT2D eigenvalue weighted by Crippen LogP contribution is 2.24. The molecule has 1 aromatic heterocycles. The molecule has 2 unspecified atom stereocenters. The Balaban J connectivity index is 1.87. The minimum atomic E-state index is 0.217. The van der Waals surface area contributed by atoms with Crippen molar-refractivity contribution >= 4 is 11.3 Å². The first-order chi connectivity index (χ1) is 7.79. The van der Waals surface area contributed by atoms with E-state index < -0.39 is 0 Å². The van der Waals surface area contributed by atoms with Gasteiger partial charge in [-0.1, -0.05) is 12.8 Å². The van der Waals surface area contributed by atoms with Crippen molar-refractivity contribution in [2.24, 2.45) is 5.92 Å². The second kappa shape index (κ2) is 5.47. The first-order valence-electron chi connectivity index (χ1n) is 5.98. The van der Waals surface area contributed by atoms with E-state index in [1.807, 2.05) is 11.3 Å². The highest BCUT2D eigenvalue weighted by atomic mass is 32.1. The fourth-order valence-corrected chi connectivity index (χ4v) is 3.18. The van der Waals surface area contributed by atoms with Crippen molar-refractivity contribution in [2.45, 2.75) is 45.2 Å². The van der Waals surface area contributed by atoms with Gasteiger partial charge in [0, 0.05) is 22.3 Å². The van der Waals surface area contributed by atoms with E-state index in [4.69, 9.17) is 5.26 Å². The largest absolute Gasteiger partial charge is 0.308 e. The summed E-state index contributed by atoms with van der Waals surface area (Å²) in [6, 6.07) is 7.18. The topological polar surface area (TPSA) is 35.8 Å². The molecule has 1 heterocycles. The molecule has 0 saturated heterocycles. The molecule has 2 atom stereocenters. The van der Waals surface area contributed by atoms with Gasteiger partial charge < -0.3 is 5.32 Å². The zero-order valence-electron chi connectivity index (χ0n) is 9.70. The summed E-state index contributed by atoms with van der Waals surface area (Å²) in [7, 11) is 0. The summed E-state index contributed by atoms with van der Waals surface area (Å²) in [5.74, 6) is 0.217. The molecule has 3 heteroatoms. The van der Waals surface area contributed by atoms with Crippen molar-refractivity contribution in [3.63, 3.8) is 0 Å². The third-order valence-electron chi connectivity index (χ3n) is 3.27. The third-order valence-corrected chi connectivity index (χ3v) is 4.27. The van der Waals surface area contributed by atoms with Crippen LogP contribution in [0, 0.1) is 24.2 Å². The Bertz CT molecular complexity index is 378. The number of nitrogens with one attached hydrogen (secondary N) is 1. The standard InChI is InChI=1S/C13H18N2S/c1-10-6-7-12(16-10)9-15-13-5-3-2-4-11(13)8-14/h6-7,11,13,15H,2-5,9H2,1H3. The number of nitrogens with zero attached hydrogens (tertiary/aromatic N) is 1. The van der Waals surface area contributed by atoms with Gasteiger partial charge in [-0.2, -0.15) is 5.26 Å². The van der Waals surface area contributed by atoms with E-state index in [2.05, 4.69) is 30.4 Å². The van der Waals surface area contributed by atoms with Crippen LogP contribution >= 0.6 is 11.3 Å². The van der Waals surface area contributed by atoms with Gasteiger partial charge in [0.1, 0.15) is 0 Å². The van der Waals surface area contributed by atoms with Crippen molar-refractivity contribution in [2.75, 3.05) is 0 Å². The maximum Gasteiger partial charge on any atom is 0.0672 e. The number of hydrogen-bond acceptors (Lipinski definition) is 3. The summed E-state index contributed by atoms with van der Waals surface area (Å²) in [5, 5.41) is 12.6. The first-order valence-corrected chi connectivity index (χ1v) is 6.79. The van der Waals surface area contributed by atoms with Crippen LogP contribution in [0.3, 0.4) is 0 Å². The first kappa shape index (κ1) is 11.6. The summed E-state index contributed by atoms with van der Waals surface area (Å²) in [6.45, 7) is 3.05. The zero-order chi connectivity index (χ0) is 11.4. The zero-order valence-corrected chi connectivity index (χ0v) is 10.5. The Labute approximate surface area is 101 Å². The molecule has 2 rings (SSSR count). The van der Waals surface area contributed by atoms with E-state index in [0.29, 0.717) is 6.04 Å². The fourth-order valence-electron chi connectivity index (χ4n) is 2.34. The van der Waals surface area contributed by atoms with Crippen LogP contribution in [0.1, 0.15) is 35.4 Å². The molecule has 1 N–H and O–H groups in total. The predicted molar refractivity (Wildman–Crippen MR) is 67.3 cm³/mol. The lowest BCUT2D eigenvalue weighted by atomic mass is 9.85. The van der Waals surface area contributed by atoms with Crippen LogP contribution < -0.4 is 5.32 Å². The molecule has 0 aromatic carbocycles. The molecule has 0 aliphatic heterocycles. The monoisotopic (exact) mass is 234 g/mol. The average Bonchev–Trinajstić information content (AvgIpc) is 2.73. The van der Waals surface area contributed by atoms with Crippen molar-refractivity contribution in [3.05, 3.63) is 21.9 Å². The molecule has 1 aromatic rings. The molecule has 0 amide bonds. The Morgan fingerprint density at radius 3 is 2.94 bits per heavy atom. The lowest BCUT2D eigenvalue weighted by Gasteiger charge is -2.27. The van der Waals surface area contributed by atoms with E-state index in [1.165, 1.54) is 22.6 Å². The van der Waals surface area contributed by atoms with Crippen molar-refractivity contribution in [1.82, 2.24) is 5.32 Å². The van der Waals surface area contributed by atoms with Gasteiger partial charge in [-0.25, -0.2) is 0 Å². The number of aryl methyl sites for hydroxylation is 1. The minimum absolute atomic E-state index is 0.217. The summed E-state index contributed by atoms with van der Waals surface area (Å²) >= 11 is 1.84.